The smallest absolute Gasteiger partial charge is 0.307 e. The van der Waals surface area contributed by atoms with Gasteiger partial charge in [-0.1, -0.05) is 45.7 Å². The first-order valence-electron chi connectivity index (χ1n) is 5.92. The number of rotatable bonds is 5. The van der Waals surface area contributed by atoms with E-state index in [1.54, 1.807) is 11.8 Å². The third kappa shape index (κ3) is 4.54. The summed E-state index contributed by atoms with van der Waals surface area (Å²) in [7, 11) is 0. The SMILES string of the molecule is O=C(O)Cc1ccc(SCc2ccc(Br)cc2Cl)cc1. The molecule has 0 aliphatic rings. The predicted octanol–water partition coefficient (Wildman–Crippen LogP) is 5.02. The van der Waals surface area contributed by atoms with Crippen LogP contribution in [0.25, 0.3) is 0 Å². The highest BCUT2D eigenvalue weighted by atomic mass is 79.9. The summed E-state index contributed by atoms with van der Waals surface area (Å²) < 4.78 is 0.967. The molecule has 2 rings (SSSR count). The van der Waals surface area contributed by atoms with E-state index in [-0.39, 0.29) is 6.42 Å². The summed E-state index contributed by atoms with van der Waals surface area (Å²) in [5.41, 5.74) is 1.89. The molecule has 2 nitrogen and oxygen atoms in total. The van der Waals surface area contributed by atoms with Gasteiger partial charge in [-0.05, 0) is 35.4 Å². The predicted molar refractivity (Wildman–Crippen MR) is 86.5 cm³/mol. The highest BCUT2D eigenvalue weighted by Gasteiger charge is 2.04. The lowest BCUT2D eigenvalue weighted by Crippen LogP contribution is -1.99. The Hall–Kier alpha value is -0.970. The summed E-state index contributed by atoms with van der Waals surface area (Å²) in [6.45, 7) is 0. The zero-order valence-electron chi connectivity index (χ0n) is 10.5. The van der Waals surface area contributed by atoms with Crippen molar-refractivity contribution in [3.63, 3.8) is 0 Å². The number of thioether (sulfide) groups is 1. The van der Waals surface area contributed by atoms with Crippen molar-refractivity contribution >= 4 is 45.3 Å². The maximum Gasteiger partial charge on any atom is 0.307 e. The molecule has 0 saturated heterocycles. The lowest BCUT2D eigenvalue weighted by Gasteiger charge is -2.06. The molecule has 104 valence electrons. The van der Waals surface area contributed by atoms with Crippen LogP contribution >= 0.6 is 39.3 Å². The standard InChI is InChI=1S/C15H12BrClO2S/c16-12-4-3-11(14(17)8-12)9-20-13-5-1-10(2-6-13)7-15(18)19/h1-6,8H,7,9H2,(H,18,19). The van der Waals surface area contributed by atoms with E-state index in [0.717, 1.165) is 31.3 Å². The maximum absolute atomic E-state index is 10.6. The molecule has 20 heavy (non-hydrogen) atoms. The zero-order valence-corrected chi connectivity index (χ0v) is 13.6. The van der Waals surface area contributed by atoms with Crippen LogP contribution in [0.3, 0.4) is 0 Å². The lowest BCUT2D eigenvalue weighted by atomic mass is 10.2. The average Bonchev–Trinajstić information content (AvgIpc) is 2.39. The Morgan fingerprint density at radius 2 is 1.90 bits per heavy atom. The fraction of sp³-hybridized carbons (Fsp3) is 0.133. The minimum atomic E-state index is -0.813. The molecule has 0 amide bonds. The molecular weight excluding hydrogens is 360 g/mol. The molecular formula is C15H12BrClO2S. The molecule has 0 unspecified atom stereocenters. The number of halogens is 2. The van der Waals surface area contributed by atoms with Crippen LogP contribution in [0.4, 0.5) is 0 Å². The minimum Gasteiger partial charge on any atom is -0.481 e. The van der Waals surface area contributed by atoms with Gasteiger partial charge in [-0.2, -0.15) is 0 Å². The van der Waals surface area contributed by atoms with E-state index in [0.29, 0.717) is 0 Å². The van der Waals surface area contributed by atoms with Crippen LogP contribution in [-0.2, 0) is 17.0 Å². The van der Waals surface area contributed by atoms with Crippen molar-refractivity contribution in [3.8, 4) is 0 Å². The van der Waals surface area contributed by atoms with Gasteiger partial charge in [0.25, 0.3) is 0 Å². The number of carboxylic acids is 1. The second kappa shape index (κ2) is 7.16. The molecule has 0 saturated carbocycles. The molecule has 2 aromatic rings. The van der Waals surface area contributed by atoms with Gasteiger partial charge in [-0.25, -0.2) is 0 Å². The second-order valence-electron chi connectivity index (χ2n) is 4.24. The monoisotopic (exact) mass is 370 g/mol. The summed E-state index contributed by atoms with van der Waals surface area (Å²) in [6.07, 6.45) is 0.0590. The van der Waals surface area contributed by atoms with E-state index in [2.05, 4.69) is 15.9 Å². The molecule has 0 bridgehead atoms. The molecule has 0 aliphatic carbocycles. The van der Waals surface area contributed by atoms with Crippen LogP contribution in [0.1, 0.15) is 11.1 Å². The van der Waals surface area contributed by atoms with Crippen LogP contribution in [0.15, 0.2) is 51.8 Å². The number of carboxylic acid groups (broad SMARTS) is 1. The first-order valence-corrected chi connectivity index (χ1v) is 8.08. The first-order chi connectivity index (χ1) is 9.54. The third-order valence-electron chi connectivity index (χ3n) is 2.69. The van der Waals surface area contributed by atoms with Crippen LogP contribution in [-0.4, -0.2) is 11.1 Å². The van der Waals surface area contributed by atoms with Crippen LogP contribution < -0.4 is 0 Å². The summed E-state index contributed by atoms with van der Waals surface area (Å²) in [5.74, 6) is -0.0308. The van der Waals surface area contributed by atoms with Gasteiger partial charge in [0.15, 0.2) is 0 Å². The van der Waals surface area contributed by atoms with Crippen molar-refractivity contribution in [2.24, 2.45) is 0 Å². The summed E-state index contributed by atoms with van der Waals surface area (Å²) in [5, 5.41) is 9.46. The molecule has 0 spiro atoms. The van der Waals surface area contributed by atoms with Crippen molar-refractivity contribution in [2.75, 3.05) is 0 Å². The van der Waals surface area contributed by atoms with Gasteiger partial charge in [-0.15, -0.1) is 11.8 Å². The molecule has 0 heterocycles. The Morgan fingerprint density at radius 3 is 2.50 bits per heavy atom. The normalized spacial score (nSPS) is 10.5. The van der Waals surface area contributed by atoms with Crippen LogP contribution in [0, 0.1) is 0 Å². The molecule has 0 aliphatic heterocycles. The van der Waals surface area contributed by atoms with Gasteiger partial charge in [-0.3, -0.25) is 4.79 Å². The Labute approximate surface area is 135 Å². The number of carbonyl (C=O) groups is 1. The lowest BCUT2D eigenvalue weighted by molar-refractivity contribution is -0.136. The molecule has 0 aromatic heterocycles. The van der Waals surface area contributed by atoms with Crippen LogP contribution in [0.5, 0.6) is 0 Å². The van der Waals surface area contributed by atoms with E-state index in [1.165, 1.54) is 0 Å². The van der Waals surface area contributed by atoms with Crippen molar-refractivity contribution < 1.29 is 9.90 Å². The average molecular weight is 372 g/mol. The molecule has 2 aromatic carbocycles. The Kier molecular flexibility index (Phi) is 5.52. The van der Waals surface area contributed by atoms with E-state index in [9.17, 15) is 4.79 Å². The van der Waals surface area contributed by atoms with Crippen molar-refractivity contribution in [2.45, 2.75) is 17.1 Å². The van der Waals surface area contributed by atoms with Crippen molar-refractivity contribution in [3.05, 3.63) is 63.1 Å². The largest absolute Gasteiger partial charge is 0.481 e. The van der Waals surface area contributed by atoms with E-state index in [1.807, 2.05) is 42.5 Å². The molecule has 5 heteroatoms. The maximum atomic E-state index is 10.6. The minimum absolute atomic E-state index is 0.0590. The van der Waals surface area contributed by atoms with E-state index >= 15 is 0 Å². The molecule has 0 fully saturated rings. The quantitative estimate of drug-likeness (QED) is 0.750. The molecule has 0 radical (unpaired) electrons. The van der Waals surface area contributed by atoms with Crippen molar-refractivity contribution in [1.29, 1.82) is 0 Å². The van der Waals surface area contributed by atoms with E-state index in [4.69, 9.17) is 16.7 Å². The summed E-state index contributed by atoms with van der Waals surface area (Å²) >= 11 is 11.2. The highest BCUT2D eigenvalue weighted by molar-refractivity contribution is 9.10. The summed E-state index contributed by atoms with van der Waals surface area (Å²) in [6, 6.07) is 13.4. The Bertz CT molecular complexity index is 614. The van der Waals surface area contributed by atoms with Crippen LogP contribution in [0.2, 0.25) is 5.02 Å². The van der Waals surface area contributed by atoms with Gasteiger partial charge in [0.05, 0.1) is 6.42 Å². The zero-order chi connectivity index (χ0) is 14.5. The van der Waals surface area contributed by atoms with Gasteiger partial charge in [0.2, 0.25) is 0 Å². The Morgan fingerprint density at radius 1 is 1.20 bits per heavy atom. The van der Waals surface area contributed by atoms with Gasteiger partial charge in [0.1, 0.15) is 0 Å². The molecule has 0 atom stereocenters. The van der Waals surface area contributed by atoms with Gasteiger partial charge < -0.3 is 5.11 Å². The third-order valence-corrected chi connectivity index (χ3v) is 4.59. The Balaban J connectivity index is 1.98. The van der Waals surface area contributed by atoms with Gasteiger partial charge in [0, 0.05) is 20.1 Å². The molecule has 1 N–H and O–H groups in total. The number of hydrogen-bond donors (Lipinski definition) is 1. The fourth-order valence-electron chi connectivity index (χ4n) is 1.68. The number of aliphatic carboxylic acids is 1. The second-order valence-corrected chi connectivity index (χ2v) is 6.61. The number of benzene rings is 2. The fourth-order valence-corrected chi connectivity index (χ4v) is 3.40. The highest BCUT2D eigenvalue weighted by Crippen LogP contribution is 2.28. The topological polar surface area (TPSA) is 37.3 Å². The first kappa shape index (κ1) is 15.4. The number of hydrogen-bond acceptors (Lipinski definition) is 2. The summed E-state index contributed by atoms with van der Waals surface area (Å²) in [4.78, 5) is 11.7. The van der Waals surface area contributed by atoms with E-state index < -0.39 is 5.97 Å². The van der Waals surface area contributed by atoms with Crippen molar-refractivity contribution in [1.82, 2.24) is 0 Å². The van der Waals surface area contributed by atoms with Gasteiger partial charge >= 0.3 is 5.97 Å².